The van der Waals surface area contributed by atoms with Gasteiger partial charge in [-0.15, -0.1) is 24.0 Å². The Morgan fingerprint density at radius 3 is 2.86 bits per heavy atom. The van der Waals surface area contributed by atoms with Crippen LogP contribution < -0.4 is 5.32 Å². The predicted octanol–water partition coefficient (Wildman–Crippen LogP) is 4.37. The van der Waals surface area contributed by atoms with Gasteiger partial charge in [0.05, 0.1) is 0 Å². The number of aliphatic imine (C=N–C) groups is 1. The normalized spacial score (nSPS) is 20.8. The van der Waals surface area contributed by atoms with Gasteiger partial charge in [-0.1, -0.05) is 18.0 Å². The first-order chi connectivity index (χ1) is 13.7. The van der Waals surface area contributed by atoms with Crippen LogP contribution in [-0.2, 0) is 6.42 Å². The Balaban J connectivity index is 0.00000240. The van der Waals surface area contributed by atoms with E-state index in [1.807, 2.05) is 25.2 Å². The third-order valence-electron chi connectivity index (χ3n) is 6.17. The number of piperidine rings is 1. The van der Waals surface area contributed by atoms with Gasteiger partial charge in [0.2, 0.25) is 0 Å². The van der Waals surface area contributed by atoms with Gasteiger partial charge in [-0.3, -0.25) is 4.99 Å². The summed E-state index contributed by atoms with van der Waals surface area (Å²) in [6.45, 7) is 6.94. The molecule has 0 amide bonds. The highest BCUT2D eigenvalue weighted by Crippen LogP contribution is 2.23. The van der Waals surface area contributed by atoms with Crippen LogP contribution in [0.1, 0.15) is 31.2 Å². The Labute approximate surface area is 196 Å². The van der Waals surface area contributed by atoms with Gasteiger partial charge in [0.1, 0.15) is 0 Å². The summed E-state index contributed by atoms with van der Waals surface area (Å²) in [6, 6.07) is 6.02. The van der Waals surface area contributed by atoms with E-state index in [1.54, 1.807) is 0 Å². The van der Waals surface area contributed by atoms with E-state index in [1.165, 1.54) is 56.3 Å². The summed E-state index contributed by atoms with van der Waals surface area (Å²) in [5.74, 6) is 1.81. The van der Waals surface area contributed by atoms with Gasteiger partial charge in [-0.05, 0) is 68.5 Å². The monoisotopic (exact) mass is 529 g/mol. The van der Waals surface area contributed by atoms with Crippen LogP contribution in [0.2, 0.25) is 5.02 Å². The third-order valence-corrected chi connectivity index (χ3v) is 6.40. The topological polar surface area (TPSA) is 46.7 Å². The number of guanidine groups is 1. The molecule has 0 saturated carbocycles. The summed E-state index contributed by atoms with van der Waals surface area (Å²) in [7, 11) is 1.89. The quantitative estimate of drug-likeness (QED) is 0.344. The molecular weight excluding hydrogens is 497 g/mol. The zero-order chi connectivity index (χ0) is 19.3. The Hall–Kier alpha value is -0.990. The second-order valence-electron chi connectivity index (χ2n) is 8.19. The summed E-state index contributed by atoms with van der Waals surface area (Å²) in [6.07, 6.45) is 8.47. The lowest BCUT2D eigenvalue weighted by molar-refractivity contribution is 0.198. The molecule has 0 aliphatic carbocycles. The van der Waals surface area contributed by atoms with Gasteiger partial charge in [-0.2, -0.15) is 0 Å². The summed E-state index contributed by atoms with van der Waals surface area (Å²) < 4.78 is 0. The largest absolute Gasteiger partial charge is 0.361 e. The fourth-order valence-corrected chi connectivity index (χ4v) is 4.85. The van der Waals surface area contributed by atoms with Crippen molar-refractivity contribution >= 4 is 52.4 Å². The van der Waals surface area contributed by atoms with Crippen molar-refractivity contribution in [2.45, 2.75) is 32.1 Å². The number of hydrogen-bond acceptors (Lipinski definition) is 2. The van der Waals surface area contributed by atoms with Gasteiger partial charge >= 0.3 is 0 Å². The molecule has 160 valence electrons. The number of benzene rings is 1. The molecule has 0 bridgehead atoms. The molecule has 2 saturated heterocycles. The predicted molar refractivity (Wildman–Crippen MR) is 134 cm³/mol. The molecule has 4 rings (SSSR count). The number of nitrogens with zero attached hydrogens (tertiary/aromatic N) is 3. The van der Waals surface area contributed by atoms with Crippen molar-refractivity contribution in [3.05, 3.63) is 35.0 Å². The van der Waals surface area contributed by atoms with Crippen molar-refractivity contribution < 1.29 is 0 Å². The molecule has 0 radical (unpaired) electrons. The van der Waals surface area contributed by atoms with Gasteiger partial charge in [0, 0.05) is 55.3 Å². The van der Waals surface area contributed by atoms with E-state index in [-0.39, 0.29) is 24.0 Å². The fraction of sp³-hybridized carbons (Fsp3) is 0.591. The number of likely N-dealkylation sites (tertiary alicyclic amines) is 2. The summed E-state index contributed by atoms with van der Waals surface area (Å²) in [5, 5.41) is 5.57. The van der Waals surface area contributed by atoms with Crippen LogP contribution in [0.4, 0.5) is 0 Å². The minimum atomic E-state index is 0. The molecule has 2 aromatic rings. The lowest BCUT2D eigenvalue weighted by Crippen LogP contribution is -2.41. The molecular formula is C22H33ClIN5. The van der Waals surface area contributed by atoms with Gasteiger partial charge in [0.15, 0.2) is 5.96 Å². The standard InChI is InChI=1S/C22H32ClN5.HI/c1-24-22(28-12-8-17(16-28)15-27-10-3-2-4-11-27)25-9-7-18-14-26-21-6-5-19(23)13-20(18)21;/h5-6,13-14,17,26H,2-4,7-12,15-16H2,1H3,(H,24,25);1H. The first kappa shape index (κ1) is 22.7. The average Bonchev–Trinajstić information content (AvgIpc) is 3.33. The van der Waals surface area contributed by atoms with Gasteiger partial charge in [-0.25, -0.2) is 0 Å². The Morgan fingerprint density at radius 1 is 1.24 bits per heavy atom. The number of fused-ring (bicyclic) bond motifs is 1. The van der Waals surface area contributed by atoms with E-state index >= 15 is 0 Å². The molecule has 5 nitrogen and oxygen atoms in total. The highest BCUT2D eigenvalue weighted by Gasteiger charge is 2.26. The van der Waals surface area contributed by atoms with Crippen LogP contribution in [0.3, 0.4) is 0 Å². The van der Waals surface area contributed by atoms with E-state index in [2.05, 4.69) is 31.3 Å². The van der Waals surface area contributed by atoms with Gasteiger partial charge in [0.25, 0.3) is 0 Å². The summed E-state index contributed by atoms with van der Waals surface area (Å²) >= 11 is 6.17. The molecule has 2 fully saturated rings. The van der Waals surface area contributed by atoms with Crippen molar-refractivity contribution in [3.8, 4) is 0 Å². The van der Waals surface area contributed by atoms with E-state index in [0.29, 0.717) is 0 Å². The minimum absolute atomic E-state index is 0. The number of H-pyrrole nitrogens is 1. The third kappa shape index (κ3) is 5.79. The van der Waals surface area contributed by atoms with Crippen LogP contribution >= 0.6 is 35.6 Å². The molecule has 1 unspecified atom stereocenters. The zero-order valence-electron chi connectivity index (χ0n) is 17.3. The smallest absolute Gasteiger partial charge is 0.193 e. The van der Waals surface area contributed by atoms with Crippen molar-refractivity contribution in [2.75, 3.05) is 46.3 Å². The molecule has 7 heteroatoms. The Bertz CT molecular complexity index is 815. The number of hydrogen-bond donors (Lipinski definition) is 2. The molecule has 1 aromatic carbocycles. The van der Waals surface area contributed by atoms with Crippen molar-refractivity contribution in [1.29, 1.82) is 0 Å². The lowest BCUT2D eigenvalue weighted by atomic mass is 10.1. The average molecular weight is 530 g/mol. The fourth-order valence-electron chi connectivity index (χ4n) is 4.68. The SMILES string of the molecule is CN=C(NCCc1c[nH]c2ccc(Cl)cc12)N1CCC(CN2CCCCC2)C1.I. The van der Waals surface area contributed by atoms with Crippen LogP contribution in [0.5, 0.6) is 0 Å². The molecule has 2 N–H and O–H groups in total. The van der Waals surface area contributed by atoms with Crippen LogP contribution in [0.15, 0.2) is 29.4 Å². The maximum atomic E-state index is 6.17. The first-order valence-electron chi connectivity index (χ1n) is 10.7. The molecule has 0 spiro atoms. The number of halogens is 2. The van der Waals surface area contributed by atoms with Crippen molar-refractivity contribution in [2.24, 2.45) is 10.9 Å². The first-order valence-corrected chi connectivity index (χ1v) is 11.0. The Morgan fingerprint density at radius 2 is 2.07 bits per heavy atom. The number of aromatic nitrogens is 1. The molecule has 2 aliphatic rings. The van der Waals surface area contributed by atoms with Crippen LogP contribution in [-0.4, -0.2) is 67.1 Å². The van der Waals surface area contributed by atoms with E-state index in [0.717, 1.165) is 48.5 Å². The summed E-state index contributed by atoms with van der Waals surface area (Å²) in [4.78, 5) is 13.0. The number of nitrogens with one attached hydrogen (secondary N) is 2. The second-order valence-corrected chi connectivity index (χ2v) is 8.63. The maximum Gasteiger partial charge on any atom is 0.193 e. The van der Waals surface area contributed by atoms with Crippen LogP contribution in [0, 0.1) is 5.92 Å². The molecule has 1 aromatic heterocycles. The maximum absolute atomic E-state index is 6.17. The second kappa shape index (κ2) is 10.9. The minimum Gasteiger partial charge on any atom is -0.361 e. The molecule has 1 atom stereocenters. The number of aromatic amines is 1. The highest BCUT2D eigenvalue weighted by atomic mass is 127. The summed E-state index contributed by atoms with van der Waals surface area (Å²) in [5.41, 5.74) is 2.44. The van der Waals surface area contributed by atoms with Crippen LogP contribution in [0.25, 0.3) is 10.9 Å². The molecule has 2 aliphatic heterocycles. The van der Waals surface area contributed by atoms with E-state index < -0.39 is 0 Å². The molecule has 29 heavy (non-hydrogen) atoms. The number of rotatable bonds is 5. The van der Waals surface area contributed by atoms with Crippen molar-refractivity contribution in [3.63, 3.8) is 0 Å². The van der Waals surface area contributed by atoms with E-state index in [4.69, 9.17) is 11.6 Å². The van der Waals surface area contributed by atoms with Crippen molar-refractivity contribution in [1.82, 2.24) is 20.1 Å². The molecule has 3 heterocycles. The Kier molecular flexibility index (Phi) is 8.50. The van der Waals surface area contributed by atoms with E-state index in [9.17, 15) is 0 Å². The lowest BCUT2D eigenvalue weighted by Gasteiger charge is -2.29. The van der Waals surface area contributed by atoms with Gasteiger partial charge < -0.3 is 20.1 Å². The zero-order valence-corrected chi connectivity index (χ0v) is 20.4. The highest BCUT2D eigenvalue weighted by molar-refractivity contribution is 14.0.